The lowest BCUT2D eigenvalue weighted by Crippen LogP contribution is -2.24. The Morgan fingerprint density at radius 1 is 1.20 bits per heavy atom. The van der Waals surface area contributed by atoms with Gasteiger partial charge in [0.15, 0.2) is 0 Å². The van der Waals surface area contributed by atoms with E-state index in [9.17, 15) is 9.59 Å². The van der Waals surface area contributed by atoms with Crippen LogP contribution >= 0.6 is 0 Å². The molecule has 0 N–H and O–H groups in total. The predicted octanol–water partition coefficient (Wildman–Crippen LogP) is 2.58. The standard InChI is InChI=1S/C12H22O3/c1-5-15-12(14)11(10(4)13)8-6-7-9(2)3/h9,11H,5-8H2,1-4H3. The maximum absolute atomic E-state index is 11.4. The van der Waals surface area contributed by atoms with Crippen LogP contribution in [-0.2, 0) is 14.3 Å². The van der Waals surface area contributed by atoms with E-state index in [0.29, 0.717) is 18.9 Å². The molecule has 0 heterocycles. The first-order valence-electron chi connectivity index (χ1n) is 5.66. The van der Waals surface area contributed by atoms with E-state index >= 15 is 0 Å². The molecule has 0 saturated carbocycles. The van der Waals surface area contributed by atoms with Crippen molar-refractivity contribution in [2.24, 2.45) is 11.8 Å². The molecule has 0 aromatic heterocycles. The zero-order valence-corrected chi connectivity index (χ0v) is 10.2. The molecule has 0 aliphatic carbocycles. The highest BCUT2D eigenvalue weighted by Gasteiger charge is 2.23. The first-order valence-corrected chi connectivity index (χ1v) is 5.66. The highest BCUT2D eigenvalue weighted by Crippen LogP contribution is 2.15. The SMILES string of the molecule is CCOC(=O)C(CCCC(C)C)C(C)=O. The molecule has 1 atom stereocenters. The molecule has 0 bridgehead atoms. The molecule has 0 aromatic carbocycles. The Labute approximate surface area is 92.2 Å². The van der Waals surface area contributed by atoms with Crippen molar-refractivity contribution >= 4 is 11.8 Å². The highest BCUT2D eigenvalue weighted by atomic mass is 16.5. The lowest BCUT2D eigenvalue weighted by Gasteiger charge is -2.12. The van der Waals surface area contributed by atoms with Gasteiger partial charge in [0.2, 0.25) is 0 Å². The second kappa shape index (κ2) is 7.43. The number of carbonyl (C=O) groups is 2. The van der Waals surface area contributed by atoms with Gasteiger partial charge in [-0.15, -0.1) is 0 Å². The quantitative estimate of drug-likeness (QED) is 0.483. The average Bonchev–Trinajstić information content (AvgIpc) is 2.11. The van der Waals surface area contributed by atoms with Gasteiger partial charge in [-0.3, -0.25) is 9.59 Å². The van der Waals surface area contributed by atoms with Crippen molar-refractivity contribution in [1.29, 1.82) is 0 Å². The minimum absolute atomic E-state index is 0.0859. The van der Waals surface area contributed by atoms with E-state index in [4.69, 9.17) is 4.74 Å². The van der Waals surface area contributed by atoms with E-state index in [1.807, 2.05) is 0 Å². The Morgan fingerprint density at radius 2 is 1.80 bits per heavy atom. The molecule has 0 radical (unpaired) electrons. The number of esters is 1. The molecule has 0 rings (SSSR count). The summed E-state index contributed by atoms with van der Waals surface area (Å²) < 4.78 is 4.86. The van der Waals surface area contributed by atoms with Gasteiger partial charge in [-0.25, -0.2) is 0 Å². The van der Waals surface area contributed by atoms with E-state index in [2.05, 4.69) is 13.8 Å². The van der Waals surface area contributed by atoms with Gasteiger partial charge in [0.05, 0.1) is 6.61 Å². The van der Waals surface area contributed by atoms with E-state index in [1.165, 1.54) is 6.92 Å². The maximum Gasteiger partial charge on any atom is 0.316 e. The summed E-state index contributed by atoms with van der Waals surface area (Å²) in [7, 11) is 0. The average molecular weight is 214 g/mol. The van der Waals surface area contributed by atoms with Gasteiger partial charge in [-0.1, -0.05) is 26.7 Å². The minimum atomic E-state index is -0.552. The van der Waals surface area contributed by atoms with E-state index in [-0.39, 0.29) is 11.8 Å². The highest BCUT2D eigenvalue weighted by molar-refractivity contribution is 5.97. The summed E-state index contributed by atoms with van der Waals surface area (Å²) in [6, 6.07) is 0. The van der Waals surface area contributed by atoms with Gasteiger partial charge >= 0.3 is 5.97 Å². The number of carbonyl (C=O) groups excluding carboxylic acids is 2. The van der Waals surface area contributed by atoms with Crippen molar-refractivity contribution in [3.8, 4) is 0 Å². The molecule has 0 amide bonds. The summed E-state index contributed by atoms with van der Waals surface area (Å²) in [4.78, 5) is 22.7. The van der Waals surface area contributed by atoms with Crippen LogP contribution in [0.1, 0.15) is 47.0 Å². The molecule has 1 unspecified atom stereocenters. The first kappa shape index (κ1) is 14.1. The van der Waals surface area contributed by atoms with Gasteiger partial charge in [-0.2, -0.15) is 0 Å². The molecule has 0 spiro atoms. The second-order valence-electron chi connectivity index (χ2n) is 4.24. The van der Waals surface area contributed by atoms with Gasteiger partial charge in [0.25, 0.3) is 0 Å². The van der Waals surface area contributed by atoms with Crippen molar-refractivity contribution in [3.63, 3.8) is 0 Å². The molecule has 15 heavy (non-hydrogen) atoms. The summed E-state index contributed by atoms with van der Waals surface area (Å²) in [6.07, 6.45) is 2.57. The van der Waals surface area contributed by atoms with Crippen LogP contribution in [0.5, 0.6) is 0 Å². The first-order chi connectivity index (χ1) is 6.99. The molecule has 0 fully saturated rings. The van der Waals surface area contributed by atoms with Crippen LogP contribution in [0.2, 0.25) is 0 Å². The number of hydrogen-bond donors (Lipinski definition) is 0. The van der Waals surface area contributed by atoms with Crippen molar-refractivity contribution in [1.82, 2.24) is 0 Å². The Balaban J connectivity index is 4.05. The molecular formula is C12H22O3. The summed E-state index contributed by atoms with van der Waals surface area (Å²) in [5.74, 6) is -0.394. The van der Waals surface area contributed by atoms with E-state index in [0.717, 1.165) is 12.8 Å². The fourth-order valence-electron chi connectivity index (χ4n) is 1.46. The van der Waals surface area contributed by atoms with Gasteiger partial charge in [0, 0.05) is 0 Å². The van der Waals surface area contributed by atoms with E-state index < -0.39 is 5.92 Å². The number of hydrogen-bond acceptors (Lipinski definition) is 3. The topological polar surface area (TPSA) is 43.4 Å². The number of ketones is 1. The van der Waals surface area contributed by atoms with Crippen molar-refractivity contribution in [2.75, 3.05) is 6.61 Å². The molecule has 0 aliphatic rings. The number of rotatable bonds is 7. The van der Waals surface area contributed by atoms with Crippen LogP contribution < -0.4 is 0 Å². The maximum atomic E-state index is 11.4. The lowest BCUT2D eigenvalue weighted by molar-refractivity contribution is -0.151. The molecule has 0 aliphatic heterocycles. The van der Waals surface area contributed by atoms with Crippen LogP contribution in [0.25, 0.3) is 0 Å². The lowest BCUT2D eigenvalue weighted by atomic mass is 9.95. The Bertz CT molecular complexity index is 209. The van der Waals surface area contributed by atoms with E-state index in [1.54, 1.807) is 6.92 Å². The predicted molar refractivity (Wildman–Crippen MR) is 59.5 cm³/mol. The molecule has 0 saturated heterocycles. The zero-order valence-electron chi connectivity index (χ0n) is 10.2. The third-order valence-corrected chi connectivity index (χ3v) is 2.34. The van der Waals surface area contributed by atoms with Crippen molar-refractivity contribution in [3.05, 3.63) is 0 Å². The summed E-state index contributed by atoms with van der Waals surface area (Å²) >= 11 is 0. The second-order valence-corrected chi connectivity index (χ2v) is 4.24. The van der Waals surface area contributed by atoms with Crippen LogP contribution in [0, 0.1) is 11.8 Å². The summed E-state index contributed by atoms with van der Waals surface area (Å²) in [6.45, 7) is 7.81. The molecule has 88 valence electrons. The van der Waals surface area contributed by atoms with Gasteiger partial charge < -0.3 is 4.74 Å². The summed E-state index contributed by atoms with van der Waals surface area (Å²) in [5.41, 5.74) is 0. The minimum Gasteiger partial charge on any atom is -0.465 e. The third kappa shape index (κ3) is 6.26. The molecule has 3 nitrogen and oxygen atoms in total. The Morgan fingerprint density at radius 3 is 2.20 bits per heavy atom. The van der Waals surface area contributed by atoms with Crippen molar-refractivity contribution < 1.29 is 14.3 Å². The summed E-state index contributed by atoms with van der Waals surface area (Å²) in [5, 5.41) is 0. The monoisotopic (exact) mass is 214 g/mol. The van der Waals surface area contributed by atoms with Crippen molar-refractivity contribution in [2.45, 2.75) is 47.0 Å². The van der Waals surface area contributed by atoms with Crippen LogP contribution in [0.4, 0.5) is 0 Å². The fraction of sp³-hybridized carbons (Fsp3) is 0.833. The van der Waals surface area contributed by atoms with Crippen LogP contribution in [-0.4, -0.2) is 18.4 Å². The molecular weight excluding hydrogens is 192 g/mol. The zero-order chi connectivity index (χ0) is 11.8. The van der Waals surface area contributed by atoms with Crippen LogP contribution in [0.15, 0.2) is 0 Å². The molecule has 0 aromatic rings. The third-order valence-electron chi connectivity index (χ3n) is 2.34. The fourth-order valence-corrected chi connectivity index (χ4v) is 1.46. The van der Waals surface area contributed by atoms with Gasteiger partial charge in [0.1, 0.15) is 11.7 Å². The number of Topliss-reactive ketones (excluding diaryl/α,β-unsaturated/α-hetero) is 1. The largest absolute Gasteiger partial charge is 0.465 e. The Hall–Kier alpha value is -0.860. The number of ether oxygens (including phenoxy) is 1. The van der Waals surface area contributed by atoms with Gasteiger partial charge in [-0.05, 0) is 26.2 Å². The van der Waals surface area contributed by atoms with Crippen LogP contribution in [0.3, 0.4) is 0 Å². The molecule has 3 heteroatoms. The normalized spacial score (nSPS) is 12.6. The smallest absolute Gasteiger partial charge is 0.316 e. The Kier molecular flexibility index (Phi) is 7.01.